The van der Waals surface area contributed by atoms with Crippen molar-refractivity contribution in [1.82, 2.24) is 5.01 Å². The maximum Gasteiger partial charge on any atom is 0.161 e. The predicted octanol–water partition coefficient (Wildman–Crippen LogP) is 2.21. The number of hydrogen-bond acceptors (Lipinski definition) is 3. The van der Waals surface area contributed by atoms with E-state index < -0.39 is 16.3 Å². The lowest BCUT2D eigenvalue weighted by Crippen LogP contribution is -2.55. The zero-order valence-electron chi connectivity index (χ0n) is 11.4. The number of alkyl halides is 1. The molecule has 0 spiro atoms. The minimum Gasteiger partial charge on any atom is -0.306 e. The first kappa shape index (κ1) is 16.6. The van der Waals surface area contributed by atoms with Crippen molar-refractivity contribution in [2.24, 2.45) is 5.84 Å². The van der Waals surface area contributed by atoms with Gasteiger partial charge in [-0.2, -0.15) is 0 Å². The van der Waals surface area contributed by atoms with Gasteiger partial charge in [-0.15, -0.1) is 18.2 Å². The molecule has 4 nitrogen and oxygen atoms in total. The van der Waals surface area contributed by atoms with Crippen LogP contribution in [0.5, 0.6) is 0 Å². The zero-order valence-corrected chi connectivity index (χ0v) is 13.0. The lowest BCUT2D eigenvalue weighted by molar-refractivity contribution is 0.170. The Bertz CT molecular complexity index is 436. The summed E-state index contributed by atoms with van der Waals surface area (Å²) in [4.78, 5) is 0. The predicted molar refractivity (Wildman–Crippen MR) is 81.2 cm³/mol. The highest BCUT2D eigenvalue weighted by molar-refractivity contribution is 7.80. The van der Waals surface area contributed by atoms with Gasteiger partial charge in [-0.1, -0.05) is 29.4 Å². The molecule has 0 radical (unpaired) electrons. The van der Waals surface area contributed by atoms with Crippen LogP contribution in [0, 0.1) is 0 Å². The largest absolute Gasteiger partial charge is 0.306 e. The van der Waals surface area contributed by atoms with Crippen molar-refractivity contribution in [1.29, 1.82) is 0 Å². The third-order valence-corrected chi connectivity index (χ3v) is 4.79. The van der Waals surface area contributed by atoms with E-state index in [9.17, 15) is 8.76 Å². The topological polar surface area (TPSA) is 66.6 Å². The van der Waals surface area contributed by atoms with E-state index in [0.29, 0.717) is 0 Å². The molecule has 0 aromatic rings. The zero-order chi connectivity index (χ0) is 14.7. The molecule has 0 aromatic carbocycles. The van der Waals surface area contributed by atoms with Gasteiger partial charge < -0.3 is 4.55 Å². The summed E-state index contributed by atoms with van der Waals surface area (Å²) in [5, 5.41) is 0.677. The van der Waals surface area contributed by atoms with Crippen molar-refractivity contribution in [2.75, 3.05) is 0 Å². The number of nitrogens with zero attached hydrogens (tertiary/aromatic N) is 1. The highest BCUT2D eigenvalue weighted by Crippen LogP contribution is 2.27. The maximum atomic E-state index is 11.3. The summed E-state index contributed by atoms with van der Waals surface area (Å²) in [6, 6.07) is -0.531. The molecule has 0 saturated heterocycles. The molecule has 108 valence electrons. The van der Waals surface area contributed by atoms with Crippen molar-refractivity contribution < 1.29 is 8.76 Å². The van der Waals surface area contributed by atoms with Crippen LogP contribution in [0.25, 0.3) is 0 Å². The molecule has 3 N–H and O–H groups in total. The van der Waals surface area contributed by atoms with Crippen LogP contribution in [0.4, 0.5) is 0 Å². The average Bonchev–Trinajstić information content (AvgIpc) is 2.27. The summed E-state index contributed by atoms with van der Waals surface area (Å²) in [7, 11) is 0. The van der Waals surface area contributed by atoms with E-state index in [0.717, 1.165) is 11.1 Å². The second-order valence-electron chi connectivity index (χ2n) is 4.85. The Labute approximate surface area is 122 Å². The van der Waals surface area contributed by atoms with Crippen LogP contribution in [0.15, 0.2) is 36.0 Å². The van der Waals surface area contributed by atoms with Gasteiger partial charge in [-0.05, 0) is 20.8 Å². The number of halogens is 1. The lowest BCUT2D eigenvalue weighted by Gasteiger charge is -2.38. The minimum absolute atomic E-state index is 0.189. The van der Waals surface area contributed by atoms with E-state index in [1.165, 1.54) is 6.08 Å². The number of allylic oxidation sites excluding steroid dienone is 2. The first-order valence-electron chi connectivity index (χ1n) is 6.05. The Balaban J connectivity index is 2.94. The smallest absolute Gasteiger partial charge is 0.161 e. The second kappa shape index (κ2) is 6.81. The van der Waals surface area contributed by atoms with Crippen molar-refractivity contribution >= 4 is 22.7 Å². The maximum absolute atomic E-state index is 11.3. The molecule has 1 rings (SSSR count). The molecule has 0 fully saturated rings. The summed E-state index contributed by atoms with van der Waals surface area (Å²) < 4.78 is 20.5. The molecule has 0 saturated carbocycles. The normalized spacial score (nSPS) is 28.4. The fraction of sp³-hybridized carbons (Fsp3) is 0.538. The van der Waals surface area contributed by atoms with Crippen molar-refractivity contribution in [2.45, 2.75) is 43.5 Å². The molecule has 19 heavy (non-hydrogen) atoms. The molecule has 0 bridgehead atoms. The molecule has 0 aliphatic heterocycles. The van der Waals surface area contributed by atoms with E-state index in [1.54, 1.807) is 11.9 Å². The van der Waals surface area contributed by atoms with Gasteiger partial charge in [0.15, 0.2) is 11.1 Å². The average molecular weight is 305 g/mol. The molecule has 1 aliphatic carbocycles. The van der Waals surface area contributed by atoms with Gasteiger partial charge in [0.1, 0.15) is 0 Å². The first-order valence-corrected chi connectivity index (χ1v) is 7.66. The SMILES string of the molecule is C=CC(C(C)N(N)C1C(C)=CC(C)=CC1Cl)S(=O)O. The summed E-state index contributed by atoms with van der Waals surface area (Å²) in [5.74, 6) is 6.12. The van der Waals surface area contributed by atoms with E-state index in [-0.39, 0.29) is 17.5 Å². The van der Waals surface area contributed by atoms with Gasteiger partial charge in [0.25, 0.3) is 0 Å². The van der Waals surface area contributed by atoms with Gasteiger partial charge in [0, 0.05) is 6.04 Å². The Morgan fingerprint density at radius 1 is 1.63 bits per heavy atom. The fourth-order valence-corrected chi connectivity index (χ4v) is 3.53. The van der Waals surface area contributed by atoms with Gasteiger partial charge >= 0.3 is 0 Å². The highest BCUT2D eigenvalue weighted by atomic mass is 35.5. The Morgan fingerprint density at radius 2 is 2.21 bits per heavy atom. The van der Waals surface area contributed by atoms with Crippen molar-refractivity contribution in [3.63, 3.8) is 0 Å². The van der Waals surface area contributed by atoms with Crippen LogP contribution >= 0.6 is 11.6 Å². The van der Waals surface area contributed by atoms with E-state index >= 15 is 0 Å². The standard InChI is InChI=1S/C13H21ClN2O2S/c1-5-12(19(17)18)10(4)16(15)13-9(3)6-8(2)7-11(13)14/h5-7,10-13H,1,15H2,2-4H3,(H,17,18). The molecule has 1 aliphatic rings. The second-order valence-corrected chi connectivity index (χ2v) is 6.45. The molecular weight excluding hydrogens is 284 g/mol. The van der Waals surface area contributed by atoms with Crippen molar-refractivity contribution in [3.05, 3.63) is 36.0 Å². The summed E-state index contributed by atoms with van der Waals surface area (Å²) in [5.41, 5.74) is 2.14. The Morgan fingerprint density at radius 3 is 2.63 bits per heavy atom. The monoisotopic (exact) mass is 304 g/mol. The van der Waals surface area contributed by atoms with Crippen LogP contribution in [0.1, 0.15) is 20.8 Å². The lowest BCUT2D eigenvalue weighted by atomic mass is 9.94. The molecule has 6 heteroatoms. The van der Waals surface area contributed by atoms with Crippen LogP contribution < -0.4 is 5.84 Å². The van der Waals surface area contributed by atoms with Crippen LogP contribution in [0.2, 0.25) is 0 Å². The Hall–Kier alpha value is -0.460. The molecule has 0 heterocycles. The van der Waals surface area contributed by atoms with Gasteiger partial charge in [-0.3, -0.25) is 5.84 Å². The van der Waals surface area contributed by atoms with Crippen LogP contribution in [-0.2, 0) is 11.1 Å². The van der Waals surface area contributed by atoms with Gasteiger partial charge in [0.2, 0.25) is 0 Å². The summed E-state index contributed by atoms with van der Waals surface area (Å²) >= 11 is 4.33. The third-order valence-electron chi connectivity index (χ3n) is 3.38. The quantitative estimate of drug-likeness (QED) is 0.269. The summed E-state index contributed by atoms with van der Waals surface area (Å²) in [6.07, 6.45) is 5.41. The molecule has 0 aromatic heterocycles. The van der Waals surface area contributed by atoms with Gasteiger partial charge in [0.05, 0.1) is 16.7 Å². The first-order chi connectivity index (χ1) is 8.79. The van der Waals surface area contributed by atoms with E-state index in [1.807, 2.05) is 26.0 Å². The fourth-order valence-electron chi connectivity index (χ4n) is 2.36. The Kier molecular flexibility index (Phi) is 5.95. The number of hydrogen-bond donors (Lipinski definition) is 2. The molecule has 5 unspecified atom stereocenters. The highest BCUT2D eigenvalue weighted by Gasteiger charge is 2.33. The van der Waals surface area contributed by atoms with E-state index in [2.05, 4.69) is 6.58 Å². The molecular formula is C13H21ClN2O2S. The molecule has 5 atom stereocenters. The number of rotatable bonds is 5. The van der Waals surface area contributed by atoms with Crippen molar-refractivity contribution in [3.8, 4) is 0 Å². The van der Waals surface area contributed by atoms with Crippen LogP contribution in [0.3, 0.4) is 0 Å². The molecule has 0 amide bonds. The minimum atomic E-state index is -2.01. The van der Waals surface area contributed by atoms with Crippen LogP contribution in [-0.4, -0.2) is 36.5 Å². The van der Waals surface area contributed by atoms with E-state index in [4.69, 9.17) is 17.4 Å². The van der Waals surface area contributed by atoms with Gasteiger partial charge in [-0.25, -0.2) is 9.22 Å². The summed E-state index contributed by atoms with van der Waals surface area (Å²) in [6.45, 7) is 9.32. The number of hydrazine groups is 1. The third kappa shape index (κ3) is 3.77. The number of nitrogens with two attached hydrogens (primary N) is 1.